The summed E-state index contributed by atoms with van der Waals surface area (Å²) >= 11 is 0. The molecule has 0 aliphatic heterocycles. The standard InChI is InChI=1S/C10H14N2O4/c1-5(10(16)12-11)4-6-2-3-7(13)9(15)8(6)14/h2-3,5,13-15H,4,11H2,1H3,(H,12,16). The van der Waals surface area contributed by atoms with Gasteiger partial charge in [-0.1, -0.05) is 13.0 Å². The van der Waals surface area contributed by atoms with Gasteiger partial charge in [-0.25, -0.2) is 5.84 Å². The molecule has 0 aliphatic rings. The minimum Gasteiger partial charge on any atom is -0.504 e. The van der Waals surface area contributed by atoms with Crippen LogP contribution < -0.4 is 11.3 Å². The van der Waals surface area contributed by atoms with Crippen LogP contribution in [0.1, 0.15) is 12.5 Å². The molecular formula is C10H14N2O4. The molecule has 0 radical (unpaired) electrons. The molecule has 1 unspecified atom stereocenters. The maximum atomic E-state index is 11.1. The number of nitrogens with one attached hydrogen (secondary N) is 1. The maximum Gasteiger partial charge on any atom is 0.237 e. The van der Waals surface area contributed by atoms with E-state index < -0.39 is 23.2 Å². The van der Waals surface area contributed by atoms with Crippen LogP contribution in [0.3, 0.4) is 0 Å². The van der Waals surface area contributed by atoms with Crippen molar-refractivity contribution in [1.29, 1.82) is 0 Å². The Morgan fingerprint density at radius 2 is 2.00 bits per heavy atom. The van der Waals surface area contributed by atoms with Gasteiger partial charge in [0.25, 0.3) is 0 Å². The molecule has 1 amide bonds. The average molecular weight is 226 g/mol. The number of benzene rings is 1. The van der Waals surface area contributed by atoms with E-state index in [9.17, 15) is 15.0 Å². The van der Waals surface area contributed by atoms with E-state index in [2.05, 4.69) is 0 Å². The third kappa shape index (κ3) is 2.34. The normalized spacial score (nSPS) is 12.1. The molecule has 6 N–H and O–H groups in total. The minimum absolute atomic E-state index is 0.211. The van der Waals surface area contributed by atoms with Crippen molar-refractivity contribution in [2.75, 3.05) is 0 Å². The number of hydrogen-bond acceptors (Lipinski definition) is 5. The number of hydrazine groups is 1. The molecule has 1 atom stereocenters. The van der Waals surface area contributed by atoms with Crippen molar-refractivity contribution in [3.63, 3.8) is 0 Å². The summed E-state index contributed by atoms with van der Waals surface area (Å²) in [7, 11) is 0. The Morgan fingerprint density at radius 1 is 1.38 bits per heavy atom. The van der Waals surface area contributed by atoms with Crippen LogP contribution >= 0.6 is 0 Å². The number of nitrogens with two attached hydrogens (primary N) is 1. The summed E-state index contributed by atoms with van der Waals surface area (Å²) in [5.74, 6) is 2.74. The molecule has 6 heteroatoms. The molecule has 16 heavy (non-hydrogen) atoms. The number of phenolic OH excluding ortho intramolecular Hbond substituents is 3. The number of carbonyl (C=O) groups excluding carboxylic acids is 1. The Morgan fingerprint density at radius 3 is 2.56 bits per heavy atom. The second-order valence-electron chi connectivity index (χ2n) is 3.55. The van der Waals surface area contributed by atoms with Gasteiger partial charge in [0.2, 0.25) is 11.7 Å². The van der Waals surface area contributed by atoms with Gasteiger partial charge in [0.15, 0.2) is 11.5 Å². The van der Waals surface area contributed by atoms with Crippen molar-refractivity contribution in [1.82, 2.24) is 5.43 Å². The van der Waals surface area contributed by atoms with E-state index in [1.165, 1.54) is 12.1 Å². The smallest absolute Gasteiger partial charge is 0.237 e. The molecule has 0 bridgehead atoms. The fourth-order valence-electron chi connectivity index (χ4n) is 1.34. The first-order chi connectivity index (χ1) is 7.47. The summed E-state index contributed by atoms with van der Waals surface area (Å²) in [6.07, 6.45) is 0.211. The molecule has 1 aromatic rings. The van der Waals surface area contributed by atoms with Gasteiger partial charge in [-0.15, -0.1) is 0 Å². The van der Waals surface area contributed by atoms with Crippen LogP contribution in [0.2, 0.25) is 0 Å². The quantitative estimate of drug-likeness (QED) is 0.215. The zero-order valence-electron chi connectivity index (χ0n) is 8.77. The Labute approximate surface area is 92.3 Å². The fourth-order valence-corrected chi connectivity index (χ4v) is 1.34. The first-order valence-electron chi connectivity index (χ1n) is 4.70. The summed E-state index contributed by atoms with van der Waals surface area (Å²) in [5.41, 5.74) is 2.37. The highest BCUT2D eigenvalue weighted by molar-refractivity contribution is 5.78. The van der Waals surface area contributed by atoms with Crippen LogP contribution in [0.4, 0.5) is 0 Å². The molecule has 1 rings (SSSR count). The van der Waals surface area contributed by atoms with Crippen LogP contribution in [-0.2, 0) is 11.2 Å². The number of phenols is 3. The number of aromatic hydroxyl groups is 3. The highest BCUT2D eigenvalue weighted by Crippen LogP contribution is 2.37. The number of amides is 1. The zero-order chi connectivity index (χ0) is 12.3. The minimum atomic E-state index is -0.585. The van der Waals surface area contributed by atoms with E-state index >= 15 is 0 Å². The summed E-state index contributed by atoms with van der Waals surface area (Å²) in [6.45, 7) is 1.63. The molecule has 0 saturated carbocycles. The molecule has 0 heterocycles. The Kier molecular flexibility index (Phi) is 3.57. The predicted molar refractivity (Wildman–Crippen MR) is 56.6 cm³/mol. The summed E-state index contributed by atoms with van der Waals surface area (Å²) in [6, 6.07) is 2.68. The van der Waals surface area contributed by atoms with Crippen molar-refractivity contribution >= 4 is 5.91 Å². The Hall–Kier alpha value is -1.95. The van der Waals surface area contributed by atoms with E-state index in [-0.39, 0.29) is 12.3 Å². The van der Waals surface area contributed by atoms with E-state index in [4.69, 9.17) is 10.9 Å². The zero-order valence-corrected chi connectivity index (χ0v) is 8.77. The molecule has 0 saturated heterocycles. The molecular weight excluding hydrogens is 212 g/mol. The number of carbonyl (C=O) groups is 1. The Balaban J connectivity index is 2.90. The van der Waals surface area contributed by atoms with E-state index in [1.807, 2.05) is 5.43 Å². The number of rotatable bonds is 3. The van der Waals surface area contributed by atoms with E-state index in [1.54, 1.807) is 6.92 Å². The summed E-state index contributed by atoms with van der Waals surface area (Å²) in [5, 5.41) is 27.9. The van der Waals surface area contributed by atoms with Crippen molar-refractivity contribution < 1.29 is 20.1 Å². The van der Waals surface area contributed by atoms with Crippen LogP contribution in [0.15, 0.2) is 12.1 Å². The van der Waals surface area contributed by atoms with Gasteiger partial charge in [0.1, 0.15) is 0 Å². The van der Waals surface area contributed by atoms with Crippen LogP contribution in [0.25, 0.3) is 0 Å². The molecule has 0 aromatic heterocycles. The topological polar surface area (TPSA) is 116 Å². The lowest BCUT2D eigenvalue weighted by Crippen LogP contribution is -2.35. The van der Waals surface area contributed by atoms with Crippen LogP contribution in [0.5, 0.6) is 17.2 Å². The molecule has 88 valence electrons. The van der Waals surface area contributed by atoms with E-state index in [0.717, 1.165) is 0 Å². The third-order valence-corrected chi connectivity index (χ3v) is 2.33. The lowest BCUT2D eigenvalue weighted by molar-refractivity contribution is -0.124. The third-order valence-electron chi connectivity index (χ3n) is 2.33. The van der Waals surface area contributed by atoms with Crippen molar-refractivity contribution in [2.45, 2.75) is 13.3 Å². The number of hydrogen-bond donors (Lipinski definition) is 5. The summed E-state index contributed by atoms with van der Waals surface area (Å²) in [4.78, 5) is 11.1. The van der Waals surface area contributed by atoms with Crippen LogP contribution in [0, 0.1) is 5.92 Å². The fraction of sp³-hybridized carbons (Fsp3) is 0.300. The summed E-state index contributed by atoms with van der Waals surface area (Å²) < 4.78 is 0. The van der Waals surface area contributed by atoms with Gasteiger partial charge < -0.3 is 15.3 Å². The average Bonchev–Trinajstić information content (AvgIpc) is 2.28. The van der Waals surface area contributed by atoms with Gasteiger partial charge in [-0.05, 0) is 18.1 Å². The second-order valence-corrected chi connectivity index (χ2v) is 3.55. The first kappa shape index (κ1) is 12.1. The van der Waals surface area contributed by atoms with Gasteiger partial charge in [0.05, 0.1) is 0 Å². The van der Waals surface area contributed by atoms with Crippen molar-refractivity contribution in [3.8, 4) is 17.2 Å². The predicted octanol–water partition coefficient (Wildman–Crippen LogP) is -0.0281. The first-order valence-corrected chi connectivity index (χ1v) is 4.70. The van der Waals surface area contributed by atoms with Crippen molar-refractivity contribution in [2.24, 2.45) is 11.8 Å². The molecule has 1 aromatic carbocycles. The second kappa shape index (κ2) is 4.71. The highest BCUT2D eigenvalue weighted by atomic mass is 16.3. The Bertz CT molecular complexity index is 406. The highest BCUT2D eigenvalue weighted by Gasteiger charge is 2.17. The van der Waals surface area contributed by atoms with Gasteiger partial charge in [-0.3, -0.25) is 10.2 Å². The van der Waals surface area contributed by atoms with Gasteiger partial charge in [-0.2, -0.15) is 0 Å². The van der Waals surface area contributed by atoms with Crippen LogP contribution in [-0.4, -0.2) is 21.2 Å². The van der Waals surface area contributed by atoms with E-state index in [0.29, 0.717) is 5.56 Å². The molecule has 0 spiro atoms. The van der Waals surface area contributed by atoms with Gasteiger partial charge >= 0.3 is 0 Å². The lowest BCUT2D eigenvalue weighted by Gasteiger charge is -2.12. The monoisotopic (exact) mass is 226 g/mol. The largest absolute Gasteiger partial charge is 0.504 e. The van der Waals surface area contributed by atoms with Gasteiger partial charge in [0, 0.05) is 5.92 Å². The maximum absolute atomic E-state index is 11.1. The molecule has 0 fully saturated rings. The molecule has 0 aliphatic carbocycles. The van der Waals surface area contributed by atoms with Crippen molar-refractivity contribution in [3.05, 3.63) is 17.7 Å². The molecule has 6 nitrogen and oxygen atoms in total. The SMILES string of the molecule is CC(Cc1ccc(O)c(O)c1O)C(=O)NN. The lowest BCUT2D eigenvalue weighted by atomic mass is 9.99.